The molecule has 0 radical (unpaired) electrons. The molecule has 0 saturated heterocycles. The third kappa shape index (κ3) is 6.36. The van der Waals surface area contributed by atoms with Crippen molar-refractivity contribution in [3.05, 3.63) is 47.0 Å². The molecule has 1 N–H and O–H groups in total. The van der Waals surface area contributed by atoms with Crippen LogP contribution in [0.15, 0.2) is 41.4 Å². The molecule has 0 aliphatic rings. The molecule has 0 aliphatic heterocycles. The Hall–Kier alpha value is -0.600. The largest absolute Gasteiger partial charge is 0.317 e. The molecule has 0 saturated carbocycles. The van der Waals surface area contributed by atoms with Crippen LogP contribution in [0.3, 0.4) is 0 Å². The van der Waals surface area contributed by atoms with Crippen LogP contribution in [-0.2, 0) is 6.42 Å². The fourth-order valence-electron chi connectivity index (χ4n) is 2.15. The molecule has 0 heterocycles. The minimum Gasteiger partial charge on any atom is -0.317 e. The highest BCUT2D eigenvalue weighted by Gasteiger charge is 2.07. The highest BCUT2D eigenvalue weighted by atomic mass is 79.9. The summed E-state index contributed by atoms with van der Waals surface area (Å²) in [7, 11) is 2.06. The fraction of sp³-hybridized carbons (Fsp3) is 0.500. The minimum atomic E-state index is 0.586. The second-order valence-electron chi connectivity index (χ2n) is 4.75. The van der Waals surface area contributed by atoms with Crippen LogP contribution in [0.4, 0.5) is 0 Å². The maximum atomic E-state index is 3.76. The summed E-state index contributed by atoms with van der Waals surface area (Å²) in [6.07, 6.45) is 9.40. The number of hydrogen-bond donors (Lipinski definition) is 1. The summed E-state index contributed by atoms with van der Waals surface area (Å²) < 4.78 is 1.17. The topological polar surface area (TPSA) is 12.0 Å². The fourth-order valence-corrected chi connectivity index (χ4v) is 2.60. The number of hydrogen-bond acceptors (Lipinski definition) is 1. The lowest BCUT2D eigenvalue weighted by Gasteiger charge is -2.16. The summed E-state index contributed by atoms with van der Waals surface area (Å²) in [5.41, 5.74) is 1.40. The van der Waals surface area contributed by atoms with Crippen LogP contribution in [-0.4, -0.2) is 13.1 Å². The minimum absolute atomic E-state index is 0.586. The van der Waals surface area contributed by atoms with Crippen molar-refractivity contribution in [2.24, 2.45) is 0 Å². The Morgan fingerprint density at radius 1 is 1.33 bits per heavy atom. The van der Waals surface area contributed by atoms with E-state index in [2.05, 4.69) is 59.1 Å². The van der Waals surface area contributed by atoms with Gasteiger partial charge in [0.05, 0.1) is 0 Å². The molecule has 0 aliphatic carbocycles. The molecule has 0 bridgehead atoms. The van der Waals surface area contributed by atoms with Crippen molar-refractivity contribution in [3.8, 4) is 0 Å². The van der Waals surface area contributed by atoms with Gasteiger partial charge in [0.1, 0.15) is 0 Å². The monoisotopic (exact) mass is 309 g/mol. The van der Waals surface area contributed by atoms with Crippen molar-refractivity contribution in [1.82, 2.24) is 5.32 Å². The van der Waals surface area contributed by atoms with Gasteiger partial charge in [0, 0.05) is 10.5 Å². The van der Waals surface area contributed by atoms with Crippen molar-refractivity contribution >= 4 is 15.9 Å². The number of nitrogens with one attached hydrogen (secondary N) is 1. The van der Waals surface area contributed by atoms with Gasteiger partial charge in [-0.25, -0.2) is 0 Å². The molecule has 18 heavy (non-hydrogen) atoms. The van der Waals surface area contributed by atoms with Gasteiger partial charge in [0.25, 0.3) is 0 Å². The molecule has 1 unspecified atom stereocenters. The number of benzene rings is 1. The molecular weight excluding hydrogens is 286 g/mol. The Morgan fingerprint density at radius 2 is 2.17 bits per heavy atom. The molecule has 1 atom stereocenters. The summed E-state index contributed by atoms with van der Waals surface area (Å²) in [5.74, 6) is 0. The maximum absolute atomic E-state index is 3.76. The first-order valence-electron chi connectivity index (χ1n) is 6.79. The molecule has 0 aromatic heterocycles. The van der Waals surface area contributed by atoms with Crippen molar-refractivity contribution in [2.45, 2.75) is 44.6 Å². The zero-order valence-electron chi connectivity index (χ0n) is 11.3. The van der Waals surface area contributed by atoms with E-state index in [9.17, 15) is 0 Å². The number of likely N-dealkylation sites (N-methyl/N-ethyl adjacent to an activating group) is 1. The van der Waals surface area contributed by atoms with E-state index >= 15 is 0 Å². The molecule has 0 spiro atoms. The molecular formula is C16H24BrN. The van der Waals surface area contributed by atoms with E-state index in [4.69, 9.17) is 0 Å². The van der Waals surface area contributed by atoms with Gasteiger partial charge in [-0.1, -0.05) is 47.0 Å². The lowest BCUT2D eigenvalue weighted by atomic mass is 10.0. The van der Waals surface area contributed by atoms with Crippen LogP contribution in [0.1, 0.15) is 37.7 Å². The third-order valence-corrected chi connectivity index (χ3v) is 3.73. The van der Waals surface area contributed by atoms with E-state index in [0.717, 1.165) is 12.8 Å². The zero-order chi connectivity index (χ0) is 13.2. The summed E-state index contributed by atoms with van der Waals surface area (Å²) in [6, 6.07) is 9.18. The van der Waals surface area contributed by atoms with Crippen molar-refractivity contribution in [2.75, 3.05) is 7.05 Å². The predicted octanol–water partition coefficient (Wildman–Crippen LogP) is 4.72. The summed E-state index contributed by atoms with van der Waals surface area (Å²) >= 11 is 3.53. The molecule has 100 valence electrons. The molecule has 1 nitrogen and oxygen atoms in total. The highest BCUT2D eigenvalue weighted by Crippen LogP contribution is 2.15. The molecule has 1 aromatic rings. The van der Waals surface area contributed by atoms with Crippen LogP contribution in [0.2, 0.25) is 0 Å². The second kappa shape index (κ2) is 9.35. The van der Waals surface area contributed by atoms with E-state index < -0.39 is 0 Å². The van der Waals surface area contributed by atoms with E-state index in [1.54, 1.807) is 0 Å². The average Bonchev–Trinajstić information content (AvgIpc) is 2.37. The Labute approximate surface area is 120 Å². The van der Waals surface area contributed by atoms with Gasteiger partial charge in [-0.3, -0.25) is 0 Å². The molecule has 0 fully saturated rings. The van der Waals surface area contributed by atoms with Gasteiger partial charge in [-0.15, -0.1) is 6.58 Å². The van der Waals surface area contributed by atoms with E-state index in [1.807, 2.05) is 6.08 Å². The Kier molecular flexibility index (Phi) is 8.03. The molecule has 1 aromatic carbocycles. The quantitative estimate of drug-likeness (QED) is 0.514. The number of allylic oxidation sites excluding steroid dienone is 1. The highest BCUT2D eigenvalue weighted by molar-refractivity contribution is 9.10. The molecule has 2 heteroatoms. The van der Waals surface area contributed by atoms with Gasteiger partial charge < -0.3 is 5.32 Å². The van der Waals surface area contributed by atoms with Gasteiger partial charge >= 0.3 is 0 Å². The molecule has 0 amide bonds. The number of unbranched alkanes of at least 4 members (excludes halogenated alkanes) is 3. The summed E-state index contributed by atoms with van der Waals surface area (Å²) in [6.45, 7) is 3.76. The first kappa shape index (κ1) is 15.5. The Morgan fingerprint density at radius 3 is 2.83 bits per heavy atom. The number of rotatable bonds is 9. The van der Waals surface area contributed by atoms with Crippen LogP contribution in [0, 0.1) is 0 Å². The van der Waals surface area contributed by atoms with E-state index in [1.165, 1.54) is 35.7 Å². The van der Waals surface area contributed by atoms with Gasteiger partial charge in [0.2, 0.25) is 0 Å². The van der Waals surface area contributed by atoms with Gasteiger partial charge in [-0.2, -0.15) is 0 Å². The van der Waals surface area contributed by atoms with Crippen LogP contribution in [0.25, 0.3) is 0 Å². The Bertz CT molecular complexity index is 349. The third-order valence-electron chi connectivity index (χ3n) is 3.24. The second-order valence-corrected chi connectivity index (χ2v) is 5.66. The van der Waals surface area contributed by atoms with E-state index in [-0.39, 0.29) is 0 Å². The summed E-state index contributed by atoms with van der Waals surface area (Å²) in [4.78, 5) is 0. The normalized spacial score (nSPS) is 12.3. The zero-order valence-corrected chi connectivity index (χ0v) is 12.9. The standard InChI is InChI=1S/C16H24BrN/c1-3-4-5-6-7-11-16(18-2)13-14-9-8-10-15(17)12-14/h3,8-10,12,16,18H,1,4-7,11,13H2,2H3. The van der Waals surface area contributed by atoms with Crippen LogP contribution < -0.4 is 5.32 Å². The Balaban J connectivity index is 2.30. The number of halogens is 1. The van der Waals surface area contributed by atoms with Crippen molar-refractivity contribution in [1.29, 1.82) is 0 Å². The van der Waals surface area contributed by atoms with Crippen molar-refractivity contribution in [3.63, 3.8) is 0 Å². The lowest BCUT2D eigenvalue weighted by molar-refractivity contribution is 0.487. The smallest absolute Gasteiger partial charge is 0.0178 e. The molecule has 1 rings (SSSR count). The van der Waals surface area contributed by atoms with E-state index in [0.29, 0.717) is 6.04 Å². The van der Waals surface area contributed by atoms with Crippen LogP contribution in [0.5, 0.6) is 0 Å². The lowest BCUT2D eigenvalue weighted by Crippen LogP contribution is -2.27. The van der Waals surface area contributed by atoms with Crippen LogP contribution >= 0.6 is 15.9 Å². The van der Waals surface area contributed by atoms with Crippen molar-refractivity contribution < 1.29 is 0 Å². The van der Waals surface area contributed by atoms with Gasteiger partial charge in [-0.05, 0) is 50.4 Å². The first-order chi connectivity index (χ1) is 8.76. The van der Waals surface area contributed by atoms with Gasteiger partial charge in [0.15, 0.2) is 0 Å². The predicted molar refractivity (Wildman–Crippen MR) is 84.0 cm³/mol. The summed E-state index contributed by atoms with van der Waals surface area (Å²) in [5, 5.41) is 3.43. The average molecular weight is 310 g/mol. The maximum Gasteiger partial charge on any atom is 0.0178 e. The first-order valence-corrected chi connectivity index (χ1v) is 7.58. The SMILES string of the molecule is C=CCCCCCC(Cc1cccc(Br)c1)NC.